The first-order chi connectivity index (χ1) is 19.0. The summed E-state index contributed by atoms with van der Waals surface area (Å²) in [6.45, 7) is 3.95. The van der Waals surface area contributed by atoms with Crippen LogP contribution in [0.15, 0.2) is 36.9 Å². The largest absolute Gasteiger partial charge is 0.375 e. The lowest BCUT2D eigenvalue weighted by atomic mass is 9.92. The predicted molar refractivity (Wildman–Crippen MR) is 141 cm³/mol. The molecule has 3 saturated heterocycles. The summed E-state index contributed by atoms with van der Waals surface area (Å²) >= 11 is 0. The molecule has 1 saturated carbocycles. The van der Waals surface area contributed by atoms with Gasteiger partial charge in [-0.25, -0.2) is 18.4 Å². The number of ether oxygens (including phenoxy) is 1. The number of nitrogens with one attached hydrogen (secondary N) is 1. The Morgan fingerprint density at radius 3 is 2.64 bits per heavy atom. The van der Waals surface area contributed by atoms with Crippen LogP contribution >= 0.6 is 0 Å². The van der Waals surface area contributed by atoms with E-state index in [1.54, 1.807) is 15.8 Å². The minimum Gasteiger partial charge on any atom is -0.375 e. The monoisotopic (exact) mass is 537 g/mol. The first-order valence-electron chi connectivity index (χ1n) is 13.9. The molecule has 4 fully saturated rings. The third-order valence-electron chi connectivity index (χ3n) is 8.39. The van der Waals surface area contributed by atoms with Gasteiger partial charge >= 0.3 is 0 Å². The summed E-state index contributed by atoms with van der Waals surface area (Å²) in [7, 11) is 0. The number of nitrogens with zero attached hydrogens (tertiary/aromatic N) is 8. The second kappa shape index (κ2) is 9.74. The summed E-state index contributed by atoms with van der Waals surface area (Å²) in [4.78, 5) is 17.6. The van der Waals surface area contributed by atoms with E-state index in [0.29, 0.717) is 36.5 Å². The first kappa shape index (κ1) is 24.8. The molecule has 4 aliphatic rings. The summed E-state index contributed by atoms with van der Waals surface area (Å²) < 4.78 is 34.8. The lowest BCUT2D eigenvalue weighted by molar-refractivity contribution is -0.0851. The summed E-state index contributed by atoms with van der Waals surface area (Å²) in [5.41, 5.74) is 2.46. The molecule has 206 valence electrons. The average molecular weight is 538 g/mol. The second-order valence-electron chi connectivity index (χ2n) is 11.4. The molecule has 3 aliphatic heterocycles. The zero-order valence-corrected chi connectivity index (χ0v) is 21.8. The SMILES string of the molecule is FC1(F)CCN(c2cncc(-c3cn(C4(c5ccc(N6CCCC(NCC7CC7)C6)cn5)COC4)nn3)n2)C1. The molecule has 1 N–H and O–H groups in total. The van der Waals surface area contributed by atoms with Crippen LogP contribution in [-0.4, -0.2) is 87.8 Å². The Hall–Kier alpha value is -3.25. The fourth-order valence-electron chi connectivity index (χ4n) is 5.73. The van der Waals surface area contributed by atoms with Crippen LogP contribution in [0.1, 0.15) is 37.8 Å². The lowest BCUT2D eigenvalue weighted by Crippen LogP contribution is -2.53. The van der Waals surface area contributed by atoms with E-state index in [4.69, 9.17) is 9.72 Å². The van der Waals surface area contributed by atoms with Crippen LogP contribution < -0.4 is 15.1 Å². The summed E-state index contributed by atoms with van der Waals surface area (Å²) in [5.74, 6) is -1.41. The van der Waals surface area contributed by atoms with Gasteiger partial charge in [-0.3, -0.25) is 9.97 Å². The second-order valence-corrected chi connectivity index (χ2v) is 11.4. The molecular formula is C27H33F2N9O. The molecule has 0 bridgehead atoms. The van der Waals surface area contributed by atoms with E-state index >= 15 is 0 Å². The molecule has 0 radical (unpaired) electrons. The number of hydrogen-bond donors (Lipinski definition) is 1. The number of piperidine rings is 1. The maximum Gasteiger partial charge on any atom is 0.266 e. The molecule has 1 atom stereocenters. The van der Waals surface area contributed by atoms with E-state index in [2.05, 4.69) is 42.6 Å². The highest BCUT2D eigenvalue weighted by atomic mass is 19.3. The molecule has 0 aromatic carbocycles. The van der Waals surface area contributed by atoms with Crippen LogP contribution in [0.2, 0.25) is 0 Å². The van der Waals surface area contributed by atoms with Gasteiger partial charge in [-0.05, 0) is 50.3 Å². The highest BCUT2D eigenvalue weighted by molar-refractivity contribution is 5.55. The van der Waals surface area contributed by atoms with Crippen molar-refractivity contribution in [2.75, 3.05) is 55.7 Å². The highest BCUT2D eigenvalue weighted by Gasteiger charge is 2.45. The van der Waals surface area contributed by atoms with Gasteiger partial charge in [0.15, 0.2) is 5.54 Å². The molecule has 12 heteroatoms. The number of aromatic nitrogens is 6. The minimum absolute atomic E-state index is 0.181. The maximum absolute atomic E-state index is 13.7. The number of alkyl halides is 2. The molecule has 0 amide bonds. The van der Waals surface area contributed by atoms with Crippen molar-refractivity contribution in [1.82, 2.24) is 35.3 Å². The van der Waals surface area contributed by atoms with E-state index in [1.165, 1.54) is 31.9 Å². The van der Waals surface area contributed by atoms with Crippen molar-refractivity contribution in [2.24, 2.45) is 5.92 Å². The van der Waals surface area contributed by atoms with Gasteiger partial charge in [0.1, 0.15) is 17.2 Å². The quantitative estimate of drug-likeness (QED) is 0.465. The van der Waals surface area contributed by atoms with Gasteiger partial charge in [0.2, 0.25) is 0 Å². The summed E-state index contributed by atoms with van der Waals surface area (Å²) in [6, 6.07) is 4.74. The van der Waals surface area contributed by atoms with Crippen LogP contribution in [-0.2, 0) is 10.3 Å². The van der Waals surface area contributed by atoms with Crippen molar-refractivity contribution in [3.63, 3.8) is 0 Å². The van der Waals surface area contributed by atoms with Gasteiger partial charge in [0, 0.05) is 32.1 Å². The van der Waals surface area contributed by atoms with Gasteiger partial charge in [0.25, 0.3) is 5.92 Å². The van der Waals surface area contributed by atoms with Crippen molar-refractivity contribution in [3.05, 3.63) is 42.6 Å². The van der Waals surface area contributed by atoms with Crippen LogP contribution in [0.5, 0.6) is 0 Å². The van der Waals surface area contributed by atoms with Gasteiger partial charge < -0.3 is 19.9 Å². The van der Waals surface area contributed by atoms with Crippen LogP contribution in [0.4, 0.5) is 20.3 Å². The Balaban J connectivity index is 1.07. The zero-order valence-electron chi connectivity index (χ0n) is 21.8. The fourth-order valence-corrected chi connectivity index (χ4v) is 5.73. The molecule has 10 nitrogen and oxygen atoms in total. The Bertz CT molecular complexity index is 1310. The molecule has 6 heterocycles. The Morgan fingerprint density at radius 1 is 1.03 bits per heavy atom. The number of halogens is 2. The Kier molecular flexibility index (Phi) is 6.19. The zero-order chi connectivity index (χ0) is 26.5. The topological polar surface area (TPSA) is 97.1 Å². The maximum atomic E-state index is 13.7. The normalized spacial score (nSPS) is 24.1. The lowest BCUT2D eigenvalue weighted by Gasteiger charge is -2.40. The number of hydrogen-bond acceptors (Lipinski definition) is 9. The summed E-state index contributed by atoms with van der Waals surface area (Å²) in [6.07, 6.45) is 11.8. The Labute approximate surface area is 225 Å². The molecule has 0 spiro atoms. The Morgan fingerprint density at radius 2 is 1.92 bits per heavy atom. The van der Waals surface area contributed by atoms with Gasteiger partial charge in [-0.15, -0.1) is 5.10 Å². The molecule has 39 heavy (non-hydrogen) atoms. The molecule has 1 unspecified atom stereocenters. The van der Waals surface area contributed by atoms with Crippen molar-refractivity contribution in [1.29, 1.82) is 0 Å². The molecular weight excluding hydrogens is 504 g/mol. The molecule has 7 rings (SSSR count). The van der Waals surface area contributed by atoms with E-state index in [-0.39, 0.29) is 19.5 Å². The molecule has 1 aliphatic carbocycles. The third-order valence-corrected chi connectivity index (χ3v) is 8.39. The first-order valence-corrected chi connectivity index (χ1v) is 13.9. The molecule has 3 aromatic rings. The number of pyridine rings is 1. The van der Waals surface area contributed by atoms with E-state index in [9.17, 15) is 8.78 Å². The third kappa shape index (κ3) is 4.95. The highest BCUT2D eigenvalue weighted by Crippen LogP contribution is 2.35. The van der Waals surface area contributed by atoms with Gasteiger partial charge in [-0.2, -0.15) is 0 Å². The minimum atomic E-state index is -2.71. The number of rotatable bonds is 8. The van der Waals surface area contributed by atoms with Gasteiger partial charge in [0.05, 0.1) is 55.9 Å². The van der Waals surface area contributed by atoms with Crippen molar-refractivity contribution >= 4 is 11.5 Å². The summed E-state index contributed by atoms with van der Waals surface area (Å²) in [5, 5.41) is 12.5. The van der Waals surface area contributed by atoms with Crippen LogP contribution in [0.3, 0.4) is 0 Å². The predicted octanol–water partition coefficient (Wildman–Crippen LogP) is 2.72. The fraction of sp³-hybridized carbons (Fsp3) is 0.593. The van der Waals surface area contributed by atoms with E-state index in [0.717, 1.165) is 36.9 Å². The number of anilines is 2. The van der Waals surface area contributed by atoms with E-state index < -0.39 is 11.5 Å². The van der Waals surface area contributed by atoms with Crippen molar-refractivity contribution in [2.45, 2.75) is 49.6 Å². The smallest absolute Gasteiger partial charge is 0.266 e. The van der Waals surface area contributed by atoms with Crippen molar-refractivity contribution in [3.8, 4) is 11.4 Å². The van der Waals surface area contributed by atoms with Gasteiger partial charge in [-0.1, -0.05) is 5.21 Å². The van der Waals surface area contributed by atoms with Crippen molar-refractivity contribution < 1.29 is 13.5 Å². The standard InChI is InChI=1S/C27H33F2N9O/c28-27(29)7-9-37(16-27)25-13-30-12-22(33-25)23-15-38(35-34-23)26(17-39-18-26)24-6-5-21(11-32-24)36-8-1-2-20(14-36)31-10-19-3-4-19/h5-6,11-13,15,19-20,31H,1-4,7-10,14,16-18H2. The van der Waals surface area contributed by atoms with Crippen LogP contribution in [0.25, 0.3) is 11.4 Å². The van der Waals surface area contributed by atoms with E-state index in [1.807, 2.05) is 12.4 Å². The average Bonchev–Trinajstić information content (AvgIpc) is 3.51. The van der Waals surface area contributed by atoms with Crippen LogP contribution in [0, 0.1) is 5.92 Å². The molecule has 3 aromatic heterocycles.